The SMILES string of the molecule is COC(=O)c1ncc2c(n1)N(C(=O)Nc1cnc(OCC3COC(C)(C)O3)cn1)C1CCCN2C1. The fourth-order valence-corrected chi connectivity index (χ4v) is 4.42. The minimum absolute atomic E-state index is 0.105. The number of carbonyl (C=O) groups excluding carboxylic acids is 2. The van der Waals surface area contributed by atoms with E-state index < -0.39 is 17.8 Å². The number of fused-ring (bicyclic) bond motifs is 4. The number of esters is 1. The van der Waals surface area contributed by atoms with Crippen LogP contribution in [0, 0.1) is 0 Å². The molecular formula is C22H27N7O6. The molecule has 2 aromatic rings. The van der Waals surface area contributed by atoms with Crippen LogP contribution in [0.2, 0.25) is 0 Å². The van der Waals surface area contributed by atoms with E-state index >= 15 is 0 Å². The van der Waals surface area contributed by atoms with Crippen LogP contribution in [0.5, 0.6) is 5.88 Å². The molecule has 2 unspecified atom stereocenters. The largest absolute Gasteiger partial charge is 0.474 e. The van der Waals surface area contributed by atoms with Crippen LogP contribution in [-0.2, 0) is 14.2 Å². The Labute approximate surface area is 201 Å². The lowest BCUT2D eigenvalue weighted by Crippen LogP contribution is -2.56. The van der Waals surface area contributed by atoms with Gasteiger partial charge < -0.3 is 23.8 Å². The number of aromatic nitrogens is 4. The summed E-state index contributed by atoms with van der Waals surface area (Å²) >= 11 is 0. The van der Waals surface area contributed by atoms with E-state index in [1.807, 2.05) is 13.8 Å². The molecule has 13 heteroatoms. The number of piperidine rings is 1. The summed E-state index contributed by atoms with van der Waals surface area (Å²) in [6, 6.07) is -0.529. The summed E-state index contributed by atoms with van der Waals surface area (Å²) in [6.07, 6.45) is 5.94. The summed E-state index contributed by atoms with van der Waals surface area (Å²) in [6.45, 7) is 5.89. The molecule has 2 bridgehead atoms. The molecule has 3 aliphatic heterocycles. The number of rotatable bonds is 5. The van der Waals surface area contributed by atoms with Crippen LogP contribution in [0.3, 0.4) is 0 Å². The van der Waals surface area contributed by atoms with Gasteiger partial charge in [0.05, 0.1) is 44.0 Å². The van der Waals surface area contributed by atoms with Gasteiger partial charge in [-0.1, -0.05) is 0 Å². The van der Waals surface area contributed by atoms with Gasteiger partial charge in [-0.25, -0.2) is 29.5 Å². The van der Waals surface area contributed by atoms with Crippen molar-refractivity contribution in [1.29, 1.82) is 0 Å². The van der Waals surface area contributed by atoms with Crippen LogP contribution in [-0.4, -0.2) is 83.3 Å². The minimum atomic E-state index is -0.668. The standard InChI is InChI=1S/C22H27N7O6/c1-22(2)34-12-14(35-22)11-33-17-9-23-16(8-24-17)26-21(31)29-13-5-4-6-28(10-13)15-7-25-18(20(30)32-3)27-19(15)29/h7-9,13-14H,4-6,10-12H2,1-3H3,(H,23,26,31). The summed E-state index contributed by atoms with van der Waals surface area (Å²) in [5.41, 5.74) is 0.694. The highest BCUT2D eigenvalue weighted by molar-refractivity contribution is 6.04. The Balaban J connectivity index is 1.28. The molecule has 2 fully saturated rings. The van der Waals surface area contributed by atoms with Crippen LogP contribution in [0.25, 0.3) is 0 Å². The average molecular weight is 486 g/mol. The van der Waals surface area contributed by atoms with E-state index in [-0.39, 0.29) is 30.4 Å². The number of amides is 2. The zero-order chi connectivity index (χ0) is 24.6. The number of anilines is 3. The van der Waals surface area contributed by atoms with Crippen molar-refractivity contribution in [2.24, 2.45) is 0 Å². The molecule has 2 aromatic heterocycles. The fraction of sp³-hybridized carbons (Fsp3) is 0.545. The molecule has 1 N–H and O–H groups in total. The minimum Gasteiger partial charge on any atom is -0.474 e. The Bertz CT molecular complexity index is 1110. The molecule has 0 aromatic carbocycles. The van der Waals surface area contributed by atoms with Gasteiger partial charge in [0.15, 0.2) is 17.4 Å². The maximum atomic E-state index is 13.3. The number of nitrogens with zero attached hydrogens (tertiary/aromatic N) is 6. The summed E-state index contributed by atoms with van der Waals surface area (Å²) < 4.78 is 21.6. The zero-order valence-electron chi connectivity index (χ0n) is 19.8. The van der Waals surface area contributed by atoms with Gasteiger partial charge in [0.2, 0.25) is 11.7 Å². The normalized spacial score (nSPS) is 22.4. The zero-order valence-corrected chi connectivity index (χ0v) is 19.8. The fourth-order valence-electron chi connectivity index (χ4n) is 4.42. The Morgan fingerprint density at radius 3 is 2.80 bits per heavy atom. The summed E-state index contributed by atoms with van der Waals surface area (Å²) in [4.78, 5) is 45.9. The Morgan fingerprint density at radius 1 is 1.23 bits per heavy atom. The first-order chi connectivity index (χ1) is 16.8. The lowest BCUT2D eigenvalue weighted by Gasteiger charge is -2.45. The number of hydrogen-bond acceptors (Lipinski definition) is 11. The third-order valence-corrected chi connectivity index (χ3v) is 6.01. The van der Waals surface area contributed by atoms with Crippen molar-refractivity contribution >= 4 is 29.3 Å². The topological polar surface area (TPSA) is 141 Å². The van der Waals surface area contributed by atoms with Crippen LogP contribution < -0.4 is 19.9 Å². The third kappa shape index (κ3) is 4.82. The van der Waals surface area contributed by atoms with Crippen LogP contribution >= 0.6 is 0 Å². The van der Waals surface area contributed by atoms with Gasteiger partial charge in [-0.2, -0.15) is 0 Å². The van der Waals surface area contributed by atoms with Crippen molar-refractivity contribution in [3.8, 4) is 5.88 Å². The van der Waals surface area contributed by atoms with E-state index in [2.05, 4.69) is 30.2 Å². The van der Waals surface area contributed by atoms with Crippen LogP contribution in [0.15, 0.2) is 18.6 Å². The molecular weight excluding hydrogens is 458 g/mol. The quantitative estimate of drug-likeness (QED) is 0.617. The predicted octanol–water partition coefficient (Wildman–Crippen LogP) is 1.60. The highest BCUT2D eigenvalue weighted by Gasteiger charge is 2.39. The second kappa shape index (κ2) is 9.23. The number of ether oxygens (including phenoxy) is 4. The van der Waals surface area contributed by atoms with Crippen molar-refractivity contribution < 1.29 is 28.5 Å². The molecule has 0 spiro atoms. The van der Waals surface area contributed by atoms with E-state index in [4.69, 9.17) is 18.9 Å². The molecule has 186 valence electrons. The summed E-state index contributed by atoms with van der Waals surface area (Å²) in [5.74, 6) is -0.476. The van der Waals surface area contributed by atoms with Crippen molar-refractivity contribution in [2.75, 3.05) is 48.5 Å². The van der Waals surface area contributed by atoms with Gasteiger partial charge in [-0.3, -0.25) is 10.2 Å². The average Bonchev–Trinajstić information content (AvgIpc) is 3.21. The maximum Gasteiger partial charge on any atom is 0.376 e. The van der Waals surface area contributed by atoms with Crippen molar-refractivity contribution in [1.82, 2.24) is 19.9 Å². The number of methoxy groups -OCH3 is 1. The van der Waals surface area contributed by atoms with Gasteiger partial charge in [-0.05, 0) is 26.7 Å². The molecule has 5 rings (SSSR count). The summed E-state index contributed by atoms with van der Waals surface area (Å²) in [7, 11) is 1.26. The summed E-state index contributed by atoms with van der Waals surface area (Å²) in [5, 5.41) is 2.77. The molecule has 35 heavy (non-hydrogen) atoms. The van der Waals surface area contributed by atoms with Gasteiger partial charge >= 0.3 is 12.0 Å². The molecule has 0 radical (unpaired) electrons. The number of carbonyl (C=O) groups is 2. The lowest BCUT2D eigenvalue weighted by molar-refractivity contribution is -0.141. The van der Waals surface area contributed by atoms with E-state index in [9.17, 15) is 9.59 Å². The first kappa shape index (κ1) is 23.2. The first-order valence-electron chi connectivity index (χ1n) is 11.4. The molecule has 0 aliphatic carbocycles. The van der Waals surface area contributed by atoms with Gasteiger partial charge in [0.1, 0.15) is 12.7 Å². The first-order valence-corrected chi connectivity index (χ1v) is 11.4. The highest BCUT2D eigenvalue weighted by Crippen LogP contribution is 2.37. The smallest absolute Gasteiger partial charge is 0.376 e. The molecule has 0 saturated carbocycles. The van der Waals surface area contributed by atoms with Crippen LogP contribution in [0.1, 0.15) is 37.3 Å². The molecule has 5 heterocycles. The molecule has 2 amide bonds. The van der Waals surface area contributed by atoms with E-state index in [1.54, 1.807) is 11.1 Å². The third-order valence-electron chi connectivity index (χ3n) is 6.01. The van der Waals surface area contributed by atoms with E-state index in [0.717, 1.165) is 19.4 Å². The van der Waals surface area contributed by atoms with Crippen LogP contribution in [0.4, 0.5) is 22.1 Å². The molecule has 2 saturated heterocycles. The maximum absolute atomic E-state index is 13.3. The van der Waals surface area contributed by atoms with E-state index in [0.29, 0.717) is 30.5 Å². The van der Waals surface area contributed by atoms with Crippen molar-refractivity contribution in [3.05, 3.63) is 24.4 Å². The highest BCUT2D eigenvalue weighted by atomic mass is 16.7. The van der Waals surface area contributed by atoms with Gasteiger partial charge in [0, 0.05) is 13.1 Å². The van der Waals surface area contributed by atoms with Crippen molar-refractivity contribution in [2.45, 2.75) is 44.6 Å². The molecule has 2 atom stereocenters. The monoisotopic (exact) mass is 485 g/mol. The Hall–Kier alpha value is -3.58. The van der Waals surface area contributed by atoms with E-state index in [1.165, 1.54) is 19.5 Å². The second-order valence-electron chi connectivity index (χ2n) is 8.94. The molecule has 3 aliphatic rings. The van der Waals surface area contributed by atoms with Gasteiger partial charge in [-0.15, -0.1) is 0 Å². The molecule has 13 nitrogen and oxygen atoms in total. The number of urea groups is 1. The lowest BCUT2D eigenvalue weighted by atomic mass is 10.0. The Kier molecular flexibility index (Phi) is 6.11. The second-order valence-corrected chi connectivity index (χ2v) is 8.94. The predicted molar refractivity (Wildman–Crippen MR) is 123 cm³/mol. The Morgan fingerprint density at radius 2 is 2.09 bits per heavy atom. The van der Waals surface area contributed by atoms with Crippen molar-refractivity contribution in [3.63, 3.8) is 0 Å². The van der Waals surface area contributed by atoms with Gasteiger partial charge in [0.25, 0.3) is 0 Å². The number of hydrogen-bond donors (Lipinski definition) is 1. The number of nitrogens with one attached hydrogen (secondary N) is 1.